The molecule has 1 nitrogen and oxygen atoms in total. The summed E-state index contributed by atoms with van der Waals surface area (Å²) in [6, 6.07) is 9.74. The molecule has 0 heterocycles. The molecule has 0 saturated carbocycles. The third-order valence-corrected chi connectivity index (χ3v) is 3.28. The summed E-state index contributed by atoms with van der Waals surface area (Å²) in [7, 11) is 0. The second kappa shape index (κ2) is 6.14. The number of hydrogen-bond acceptors (Lipinski definition) is 1. The molecular weight excluding hydrogens is 256 g/mol. The van der Waals surface area contributed by atoms with Gasteiger partial charge in [0, 0.05) is 12.1 Å². The molecule has 20 heavy (non-hydrogen) atoms. The van der Waals surface area contributed by atoms with Crippen molar-refractivity contribution < 1.29 is 8.78 Å². The maximum Gasteiger partial charge on any atom is 0.129 e. The molecule has 2 N–H and O–H groups in total. The first kappa shape index (κ1) is 14.7. The maximum atomic E-state index is 13.6. The molecule has 0 radical (unpaired) electrons. The van der Waals surface area contributed by atoms with Gasteiger partial charge < -0.3 is 5.73 Å². The molecule has 2 aromatic rings. The van der Waals surface area contributed by atoms with Crippen LogP contribution in [0.5, 0.6) is 0 Å². The summed E-state index contributed by atoms with van der Waals surface area (Å²) >= 11 is 0. The summed E-state index contributed by atoms with van der Waals surface area (Å²) in [5, 5.41) is 0. The topological polar surface area (TPSA) is 26.0 Å². The molecule has 0 spiro atoms. The highest BCUT2D eigenvalue weighted by Gasteiger charge is 2.10. The lowest BCUT2D eigenvalue weighted by Gasteiger charge is -2.13. The van der Waals surface area contributed by atoms with Gasteiger partial charge in [0.15, 0.2) is 0 Å². The predicted octanol–water partition coefficient (Wildman–Crippen LogP) is 3.69. The fourth-order valence-electron chi connectivity index (χ4n) is 2.53. The number of aryl methyl sites for hydroxylation is 2. The quantitative estimate of drug-likeness (QED) is 0.904. The Morgan fingerprint density at radius 3 is 2.20 bits per heavy atom. The first-order chi connectivity index (χ1) is 9.44. The van der Waals surface area contributed by atoms with E-state index in [4.69, 9.17) is 5.73 Å². The Balaban J connectivity index is 2.06. The second-order valence-corrected chi connectivity index (χ2v) is 5.40. The smallest absolute Gasteiger partial charge is 0.129 e. The van der Waals surface area contributed by atoms with Crippen molar-refractivity contribution in [1.29, 1.82) is 0 Å². The normalized spacial score (nSPS) is 12.4. The molecule has 0 aliphatic carbocycles. The summed E-state index contributed by atoms with van der Waals surface area (Å²) in [5.41, 5.74) is 10.1. The fourth-order valence-corrected chi connectivity index (χ4v) is 2.53. The third-order valence-electron chi connectivity index (χ3n) is 3.28. The molecule has 106 valence electrons. The molecule has 1 unspecified atom stereocenters. The highest BCUT2D eigenvalue weighted by Crippen LogP contribution is 2.15. The van der Waals surface area contributed by atoms with Gasteiger partial charge in [0.2, 0.25) is 0 Å². The second-order valence-electron chi connectivity index (χ2n) is 5.40. The minimum Gasteiger partial charge on any atom is -0.327 e. The zero-order valence-corrected chi connectivity index (χ0v) is 11.8. The van der Waals surface area contributed by atoms with Crippen molar-refractivity contribution >= 4 is 0 Å². The van der Waals surface area contributed by atoms with E-state index in [9.17, 15) is 8.78 Å². The van der Waals surface area contributed by atoms with Gasteiger partial charge in [-0.15, -0.1) is 0 Å². The van der Waals surface area contributed by atoms with E-state index >= 15 is 0 Å². The highest BCUT2D eigenvalue weighted by atomic mass is 19.1. The molecule has 0 saturated heterocycles. The van der Waals surface area contributed by atoms with Gasteiger partial charge in [-0.05, 0) is 43.9 Å². The van der Waals surface area contributed by atoms with Gasteiger partial charge in [-0.1, -0.05) is 35.4 Å². The predicted molar refractivity (Wildman–Crippen MR) is 77.7 cm³/mol. The minimum atomic E-state index is -0.561. The van der Waals surface area contributed by atoms with Crippen molar-refractivity contribution in [3.05, 3.63) is 70.3 Å². The Morgan fingerprint density at radius 2 is 1.60 bits per heavy atom. The third kappa shape index (κ3) is 3.87. The largest absolute Gasteiger partial charge is 0.327 e. The number of nitrogens with two attached hydrogens (primary N) is 1. The fraction of sp³-hybridized carbons (Fsp3) is 0.294. The Kier molecular flexibility index (Phi) is 4.50. The van der Waals surface area contributed by atoms with Crippen molar-refractivity contribution in [3.63, 3.8) is 0 Å². The van der Waals surface area contributed by atoms with E-state index < -0.39 is 11.6 Å². The van der Waals surface area contributed by atoms with E-state index in [1.54, 1.807) is 0 Å². The van der Waals surface area contributed by atoms with Crippen LogP contribution in [0, 0.1) is 25.5 Å². The van der Waals surface area contributed by atoms with Gasteiger partial charge in [0.1, 0.15) is 11.6 Å². The summed E-state index contributed by atoms with van der Waals surface area (Å²) < 4.78 is 26.4. The van der Waals surface area contributed by atoms with Gasteiger partial charge in [-0.25, -0.2) is 8.78 Å². The van der Waals surface area contributed by atoms with Crippen molar-refractivity contribution in [1.82, 2.24) is 0 Å². The first-order valence-electron chi connectivity index (χ1n) is 6.70. The van der Waals surface area contributed by atoms with Crippen molar-refractivity contribution in [2.45, 2.75) is 32.7 Å². The van der Waals surface area contributed by atoms with Crippen LogP contribution in [0.4, 0.5) is 8.78 Å². The van der Waals surface area contributed by atoms with Crippen LogP contribution in [-0.2, 0) is 12.8 Å². The van der Waals surface area contributed by atoms with E-state index in [0.29, 0.717) is 18.4 Å². The molecule has 3 heteroatoms. The summed E-state index contributed by atoms with van der Waals surface area (Å²) in [6.07, 6.45) is 1.08. The van der Waals surface area contributed by atoms with E-state index in [0.717, 1.165) is 11.6 Å². The Labute approximate surface area is 118 Å². The molecule has 1 atom stereocenters. The van der Waals surface area contributed by atoms with Gasteiger partial charge >= 0.3 is 0 Å². The molecule has 0 aliphatic rings. The SMILES string of the molecule is Cc1cc(C)cc(CC(N)Cc2ccc(F)cc2F)c1. The minimum absolute atomic E-state index is 0.184. The van der Waals surface area contributed by atoms with Crippen LogP contribution in [0.3, 0.4) is 0 Å². The van der Waals surface area contributed by atoms with Crippen LogP contribution in [0.25, 0.3) is 0 Å². The lowest BCUT2D eigenvalue weighted by Crippen LogP contribution is -2.26. The Morgan fingerprint density at radius 1 is 0.950 bits per heavy atom. The molecule has 0 aromatic heterocycles. The molecule has 2 rings (SSSR count). The lowest BCUT2D eigenvalue weighted by atomic mass is 9.97. The highest BCUT2D eigenvalue weighted by molar-refractivity contribution is 5.29. The lowest BCUT2D eigenvalue weighted by molar-refractivity contribution is 0.558. The molecule has 0 bridgehead atoms. The van der Waals surface area contributed by atoms with Gasteiger partial charge in [0.25, 0.3) is 0 Å². The van der Waals surface area contributed by atoms with E-state index in [-0.39, 0.29) is 6.04 Å². The summed E-state index contributed by atoms with van der Waals surface area (Å²) in [4.78, 5) is 0. The van der Waals surface area contributed by atoms with Crippen LogP contribution in [0.15, 0.2) is 36.4 Å². The van der Waals surface area contributed by atoms with Gasteiger partial charge in [0.05, 0.1) is 0 Å². The van der Waals surface area contributed by atoms with E-state index in [1.165, 1.54) is 23.3 Å². The Hall–Kier alpha value is -1.74. The first-order valence-corrected chi connectivity index (χ1v) is 6.70. The Bertz CT molecular complexity index is 588. The van der Waals surface area contributed by atoms with Crippen molar-refractivity contribution in [3.8, 4) is 0 Å². The summed E-state index contributed by atoms with van der Waals surface area (Å²) in [6.45, 7) is 4.09. The summed E-state index contributed by atoms with van der Waals surface area (Å²) in [5.74, 6) is -1.09. The average molecular weight is 275 g/mol. The van der Waals surface area contributed by atoms with Crippen LogP contribution in [-0.4, -0.2) is 6.04 Å². The van der Waals surface area contributed by atoms with Gasteiger partial charge in [-0.2, -0.15) is 0 Å². The van der Waals surface area contributed by atoms with Crippen LogP contribution < -0.4 is 5.73 Å². The molecule has 0 amide bonds. The molecule has 0 aliphatic heterocycles. The molecular formula is C17H19F2N. The van der Waals surface area contributed by atoms with Crippen LogP contribution in [0.1, 0.15) is 22.3 Å². The zero-order chi connectivity index (χ0) is 14.7. The number of rotatable bonds is 4. The van der Waals surface area contributed by atoms with E-state index in [1.807, 2.05) is 13.8 Å². The number of hydrogen-bond donors (Lipinski definition) is 1. The van der Waals surface area contributed by atoms with Crippen LogP contribution >= 0.6 is 0 Å². The van der Waals surface area contributed by atoms with Gasteiger partial charge in [-0.3, -0.25) is 0 Å². The van der Waals surface area contributed by atoms with Crippen LogP contribution in [0.2, 0.25) is 0 Å². The van der Waals surface area contributed by atoms with Crippen molar-refractivity contribution in [2.24, 2.45) is 5.73 Å². The zero-order valence-electron chi connectivity index (χ0n) is 11.8. The number of halogens is 2. The van der Waals surface area contributed by atoms with Crippen molar-refractivity contribution in [2.75, 3.05) is 0 Å². The standard InChI is InChI=1S/C17H19F2N/c1-11-5-12(2)7-13(6-11)8-16(20)9-14-3-4-15(18)10-17(14)19/h3-7,10,16H,8-9,20H2,1-2H3. The molecule has 2 aromatic carbocycles. The monoisotopic (exact) mass is 275 g/mol. The molecule has 0 fully saturated rings. The van der Waals surface area contributed by atoms with E-state index in [2.05, 4.69) is 18.2 Å². The maximum absolute atomic E-state index is 13.6. The number of benzene rings is 2. The average Bonchev–Trinajstić information content (AvgIpc) is 2.31.